The van der Waals surface area contributed by atoms with E-state index in [1.54, 1.807) is 13.3 Å². The highest BCUT2D eigenvalue weighted by atomic mass is 16.5. The summed E-state index contributed by atoms with van der Waals surface area (Å²) in [6, 6.07) is 12.2. The molecule has 0 aliphatic rings. The lowest BCUT2D eigenvalue weighted by Crippen LogP contribution is -2.09. The van der Waals surface area contributed by atoms with Crippen LogP contribution in [0, 0.1) is 0 Å². The smallest absolute Gasteiger partial charge is 0.135 e. The largest absolute Gasteiger partial charge is 0.497 e. The highest BCUT2D eigenvalue weighted by Gasteiger charge is 2.05. The highest BCUT2D eigenvalue weighted by molar-refractivity contribution is 5.89. The average Bonchev–Trinajstić information content (AvgIpc) is 2.63. The number of nitrogens with zero attached hydrogens (tertiary/aromatic N) is 2. The third-order valence-electron chi connectivity index (χ3n) is 3.91. The highest BCUT2D eigenvalue weighted by Crippen LogP contribution is 2.22. The number of pyridine rings is 2. The minimum Gasteiger partial charge on any atom is -0.497 e. The molecule has 0 aliphatic carbocycles. The summed E-state index contributed by atoms with van der Waals surface area (Å²) in [6.45, 7) is 1.48. The third kappa shape index (κ3) is 3.81. The van der Waals surface area contributed by atoms with Crippen molar-refractivity contribution in [3.05, 3.63) is 59.9 Å². The van der Waals surface area contributed by atoms with Crippen molar-refractivity contribution in [3.8, 4) is 5.75 Å². The molecule has 0 aliphatic heterocycles. The molecule has 5 heteroatoms. The van der Waals surface area contributed by atoms with E-state index in [1.165, 1.54) is 5.56 Å². The first kappa shape index (κ1) is 16.2. The summed E-state index contributed by atoms with van der Waals surface area (Å²) in [4.78, 5) is 9.01. The SMILES string of the molecule is COc1ccc(Cc2cnc3ccnc(NCCCN)c3c2)cc1. The normalized spacial score (nSPS) is 10.8. The number of fused-ring (bicyclic) bond motifs is 1. The van der Waals surface area contributed by atoms with E-state index in [-0.39, 0.29) is 0 Å². The molecule has 0 spiro atoms. The zero-order valence-corrected chi connectivity index (χ0v) is 13.8. The number of nitrogens with one attached hydrogen (secondary N) is 1. The number of methoxy groups -OCH3 is 1. The molecule has 0 saturated heterocycles. The lowest BCUT2D eigenvalue weighted by Gasteiger charge is -2.09. The summed E-state index contributed by atoms with van der Waals surface area (Å²) in [5.74, 6) is 1.73. The van der Waals surface area contributed by atoms with Gasteiger partial charge in [-0.2, -0.15) is 0 Å². The van der Waals surface area contributed by atoms with Crippen molar-refractivity contribution in [2.75, 3.05) is 25.5 Å². The van der Waals surface area contributed by atoms with Gasteiger partial charge in [0.05, 0.1) is 12.6 Å². The topological polar surface area (TPSA) is 73.1 Å². The van der Waals surface area contributed by atoms with Gasteiger partial charge in [0.15, 0.2) is 0 Å². The number of aromatic nitrogens is 2. The molecule has 0 atom stereocenters. The first-order chi connectivity index (χ1) is 11.8. The monoisotopic (exact) mass is 322 g/mol. The Hall–Kier alpha value is -2.66. The van der Waals surface area contributed by atoms with Gasteiger partial charge in [0.25, 0.3) is 0 Å². The quantitative estimate of drug-likeness (QED) is 0.654. The average molecular weight is 322 g/mol. The zero-order valence-electron chi connectivity index (χ0n) is 13.8. The molecule has 0 fully saturated rings. The van der Waals surface area contributed by atoms with E-state index in [4.69, 9.17) is 10.5 Å². The second kappa shape index (κ2) is 7.75. The van der Waals surface area contributed by atoms with Gasteiger partial charge in [-0.05, 0) is 54.8 Å². The van der Waals surface area contributed by atoms with Crippen LogP contribution in [0.2, 0.25) is 0 Å². The Morgan fingerprint density at radius 1 is 1.08 bits per heavy atom. The van der Waals surface area contributed by atoms with E-state index in [9.17, 15) is 0 Å². The first-order valence-electron chi connectivity index (χ1n) is 8.10. The van der Waals surface area contributed by atoms with Crippen molar-refractivity contribution >= 4 is 16.7 Å². The van der Waals surface area contributed by atoms with E-state index in [0.29, 0.717) is 6.54 Å². The fourth-order valence-electron chi connectivity index (χ4n) is 2.62. The van der Waals surface area contributed by atoms with Crippen LogP contribution in [0.5, 0.6) is 5.75 Å². The summed E-state index contributed by atoms with van der Waals surface area (Å²) >= 11 is 0. The summed E-state index contributed by atoms with van der Waals surface area (Å²) in [5.41, 5.74) is 8.87. The molecule has 3 aromatic rings. The third-order valence-corrected chi connectivity index (χ3v) is 3.91. The van der Waals surface area contributed by atoms with E-state index in [1.807, 2.05) is 24.4 Å². The molecule has 3 rings (SSSR count). The van der Waals surface area contributed by atoms with Crippen LogP contribution >= 0.6 is 0 Å². The second-order valence-corrected chi connectivity index (χ2v) is 5.66. The molecule has 0 saturated carbocycles. The van der Waals surface area contributed by atoms with Crippen LogP contribution in [0.4, 0.5) is 5.82 Å². The number of benzene rings is 1. The van der Waals surface area contributed by atoms with Gasteiger partial charge in [0.2, 0.25) is 0 Å². The second-order valence-electron chi connectivity index (χ2n) is 5.66. The fourth-order valence-corrected chi connectivity index (χ4v) is 2.62. The standard InChI is InChI=1S/C19H22N4O/c1-24-16-5-3-14(4-6-16)11-15-12-17-18(23-13-15)7-10-22-19(17)21-9-2-8-20/h3-7,10,12-13H,2,8-9,11,20H2,1H3,(H,21,22). The van der Waals surface area contributed by atoms with Crippen molar-refractivity contribution in [1.82, 2.24) is 9.97 Å². The molecule has 3 N–H and O–H groups in total. The van der Waals surface area contributed by atoms with Crippen LogP contribution in [-0.4, -0.2) is 30.2 Å². The molecule has 1 aromatic carbocycles. The number of anilines is 1. The number of hydrogen-bond donors (Lipinski definition) is 2. The van der Waals surface area contributed by atoms with E-state index < -0.39 is 0 Å². The molecule has 2 aromatic heterocycles. The van der Waals surface area contributed by atoms with Crippen LogP contribution in [-0.2, 0) is 6.42 Å². The molecule has 0 amide bonds. The predicted molar refractivity (Wildman–Crippen MR) is 97.5 cm³/mol. The van der Waals surface area contributed by atoms with Crippen molar-refractivity contribution in [3.63, 3.8) is 0 Å². The van der Waals surface area contributed by atoms with Crippen LogP contribution in [0.15, 0.2) is 48.8 Å². The Morgan fingerprint density at radius 2 is 1.92 bits per heavy atom. The number of ether oxygens (including phenoxy) is 1. The van der Waals surface area contributed by atoms with Crippen molar-refractivity contribution in [2.45, 2.75) is 12.8 Å². The molecule has 124 valence electrons. The lowest BCUT2D eigenvalue weighted by molar-refractivity contribution is 0.414. The minimum absolute atomic E-state index is 0.665. The van der Waals surface area contributed by atoms with E-state index >= 15 is 0 Å². The summed E-state index contributed by atoms with van der Waals surface area (Å²) in [5, 5.41) is 4.39. The van der Waals surface area contributed by atoms with Gasteiger partial charge in [-0.3, -0.25) is 4.98 Å². The van der Waals surface area contributed by atoms with Gasteiger partial charge < -0.3 is 15.8 Å². The summed E-state index contributed by atoms with van der Waals surface area (Å²) in [6.07, 6.45) is 5.45. The Bertz CT molecular complexity index is 802. The Morgan fingerprint density at radius 3 is 2.67 bits per heavy atom. The predicted octanol–water partition coefficient (Wildman–Crippen LogP) is 2.99. The zero-order chi connectivity index (χ0) is 16.8. The molecular weight excluding hydrogens is 300 g/mol. The molecule has 0 radical (unpaired) electrons. The summed E-state index contributed by atoms with van der Waals surface area (Å²) in [7, 11) is 1.68. The number of rotatable bonds is 7. The van der Waals surface area contributed by atoms with Crippen molar-refractivity contribution in [1.29, 1.82) is 0 Å². The number of hydrogen-bond acceptors (Lipinski definition) is 5. The van der Waals surface area contributed by atoms with Crippen LogP contribution in [0.3, 0.4) is 0 Å². The fraction of sp³-hybridized carbons (Fsp3) is 0.263. The maximum atomic E-state index is 5.55. The molecule has 5 nitrogen and oxygen atoms in total. The molecular formula is C19H22N4O. The van der Waals surface area contributed by atoms with Crippen molar-refractivity contribution in [2.24, 2.45) is 5.73 Å². The van der Waals surface area contributed by atoms with Crippen LogP contribution in [0.1, 0.15) is 17.5 Å². The molecule has 0 unspecified atom stereocenters. The molecule has 2 heterocycles. The first-order valence-corrected chi connectivity index (χ1v) is 8.10. The van der Waals surface area contributed by atoms with Gasteiger partial charge in [0.1, 0.15) is 11.6 Å². The summed E-state index contributed by atoms with van der Waals surface area (Å²) < 4.78 is 5.20. The van der Waals surface area contributed by atoms with Gasteiger partial charge >= 0.3 is 0 Å². The van der Waals surface area contributed by atoms with Gasteiger partial charge in [0, 0.05) is 24.3 Å². The van der Waals surface area contributed by atoms with E-state index in [2.05, 4.69) is 33.5 Å². The number of nitrogens with two attached hydrogens (primary N) is 1. The molecule has 24 heavy (non-hydrogen) atoms. The van der Waals surface area contributed by atoms with Crippen molar-refractivity contribution < 1.29 is 4.74 Å². The lowest BCUT2D eigenvalue weighted by atomic mass is 10.0. The van der Waals surface area contributed by atoms with Gasteiger partial charge in [-0.1, -0.05) is 12.1 Å². The minimum atomic E-state index is 0.665. The van der Waals surface area contributed by atoms with Crippen LogP contribution in [0.25, 0.3) is 10.9 Å². The Kier molecular flexibility index (Phi) is 5.23. The van der Waals surface area contributed by atoms with Gasteiger partial charge in [-0.25, -0.2) is 4.98 Å². The Labute approximate surface area is 141 Å². The molecule has 0 bridgehead atoms. The van der Waals surface area contributed by atoms with E-state index in [0.717, 1.165) is 47.4 Å². The Balaban J connectivity index is 1.84. The van der Waals surface area contributed by atoms with Crippen LogP contribution < -0.4 is 15.8 Å². The maximum absolute atomic E-state index is 5.55. The van der Waals surface area contributed by atoms with Gasteiger partial charge in [-0.15, -0.1) is 0 Å². The maximum Gasteiger partial charge on any atom is 0.135 e.